The summed E-state index contributed by atoms with van der Waals surface area (Å²) in [6, 6.07) is 9.38. The summed E-state index contributed by atoms with van der Waals surface area (Å²) in [7, 11) is 6.73. The van der Waals surface area contributed by atoms with Gasteiger partial charge in [-0.05, 0) is 63.0 Å². The highest BCUT2D eigenvalue weighted by atomic mass is 16.6. The first-order chi connectivity index (χ1) is 16.2. The molecule has 0 unspecified atom stereocenters. The number of methoxy groups -OCH3 is 2. The quantitative estimate of drug-likeness (QED) is 0.196. The van der Waals surface area contributed by atoms with Gasteiger partial charge in [-0.15, -0.1) is 0 Å². The average Bonchev–Trinajstić information content (AvgIpc) is 3.07. The van der Waals surface area contributed by atoms with E-state index in [2.05, 4.69) is 0 Å². The maximum absolute atomic E-state index is 13.1. The fraction of sp³-hybridized carbons (Fsp3) is 0.333. The number of non-ortho nitro benzene ring substituents is 1. The molecule has 1 aliphatic rings. The molecule has 1 heterocycles. The van der Waals surface area contributed by atoms with Crippen LogP contribution in [-0.4, -0.2) is 72.9 Å². The van der Waals surface area contributed by atoms with Crippen LogP contribution in [0.3, 0.4) is 0 Å². The molecule has 1 aliphatic heterocycles. The third-order valence-electron chi connectivity index (χ3n) is 5.62. The number of carbonyl (C=O) groups excluding carboxylic acids is 2. The fourth-order valence-electron chi connectivity index (χ4n) is 3.93. The van der Waals surface area contributed by atoms with E-state index in [1.807, 2.05) is 19.0 Å². The SMILES string of the molecule is COc1ccc(C(O)=C2C(=O)C(=O)N(CCCN(C)C)[C@@H]2c2ccc([N+](=O)[O-])cc2)cc1OC. The van der Waals surface area contributed by atoms with Crippen molar-refractivity contribution in [2.24, 2.45) is 0 Å². The molecule has 0 aliphatic carbocycles. The Hall–Kier alpha value is -3.92. The van der Waals surface area contributed by atoms with Crippen molar-refractivity contribution >= 4 is 23.1 Å². The van der Waals surface area contributed by atoms with Crippen molar-refractivity contribution < 1.29 is 29.1 Å². The number of carbonyl (C=O) groups is 2. The summed E-state index contributed by atoms with van der Waals surface area (Å²) in [5, 5.41) is 22.3. The Labute approximate surface area is 197 Å². The molecule has 10 heteroatoms. The molecule has 0 aromatic heterocycles. The zero-order chi connectivity index (χ0) is 25.0. The molecule has 1 atom stereocenters. The molecule has 2 aromatic rings. The number of nitro groups is 1. The van der Waals surface area contributed by atoms with Crippen molar-refractivity contribution in [3.63, 3.8) is 0 Å². The molecule has 3 rings (SSSR count). The lowest BCUT2D eigenvalue weighted by atomic mass is 9.95. The summed E-state index contributed by atoms with van der Waals surface area (Å²) in [5.74, 6) is -1.13. The smallest absolute Gasteiger partial charge is 0.295 e. The van der Waals surface area contributed by atoms with Crippen LogP contribution in [0.15, 0.2) is 48.0 Å². The van der Waals surface area contributed by atoms with E-state index in [0.29, 0.717) is 30.0 Å². The van der Waals surface area contributed by atoms with Gasteiger partial charge in [0.15, 0.2) is 11.5 Å². The number of nitro benzene ring substituents is 1. The molecule has 0 saturated carbocycles. The predicted octanol–water partition coefficient (Wildman–Crippen LogP) is 2.99. The van der Waals surface area contributed by atoms with E-state index in [1.54, 1.807) is 12.1 Å². The number of ether oxygens (including phenoxy) is 2. The number of hydrogen-bond acceptors (Lipinski definition) is 8. The summed E-state index contributed by atoms with van der Waals surface area (Å²) < 4.78 is 10.5. The molecule has 10 nitrogen and oxygen atoms in total. The van der Waals surface area contributed by atoms with Crippen LogP contribution >= 0.6 is 0 Å². The number of Topliss-reactive ketones (excluding diaryl/α,β-unsaturated/α-hetero) is 1. The normalized spacial score (nSPS) is 17.3. The number of nitrogens with zero attached hydrogens (tertiary/aromatic N) is 3. The zero-order valence-electron chi connectivity index (χ0n) is 19.5. The van der Waals surface area contributed by atoms with Gasteiger partial charge in [0.1, 0.15) is 5.76 Å². The third kappa shape index (κ3) is 4.86. The Morgan fingerprint density at radius 2 is 1.74 bits per heavy atom. The Balaban J connectivity index is 2.13. The molecule has 0 radical (unpaired) electrons. The lowest BCUT2D eigenvalue weighted by molar-refractivity contribution is -0.384. The second-order valence-corrected chi connectivity index (χ2v) is 8.07. The molecule has 180 valence electrons. The Morgan fingerprint density at radius 1 is 1.09 bits per heavy atom. The van der Waals surface area contributed by atoms with Gasteiger partial charge in [0.25, 0.3) is 17.4 Å². The first-order valence-electron chi connectivity index (χ1n) is 10.6. The fourth-order valence-corrected chi connectivity index (χ4v) is 3.93. The number of hydrogen-bond donors (Lipinski definition) is 1. The van der Waals surface area contributed by atoms with Gasteiger partial charge in [0, 0.05) is 24.2 Å². The number of likely N-dealkylation sites (tertiary alicyclic amines) is 1. The van der Waals surface area contributed by atoms with Crippen LogP contribution in [0.2, 0.25) is 0 Å². The molecule has 34 heavy (non-hydrogen) atoms. The molecule has 1 fully saturated rings. The van der Waals surface area contributed by atoms with E-state index >= 15 is 0 Å². The Morgan fingerprint density at radius 3 is 2.29 bits per heavy atom. The third-order valence-corrected chi connectivity index (χ3v) is 5.62. The van der Waals surface area contributed by atoms with Crippen LogP contribution in [0.5, 0.6) is 11.5 Å². The van der Waals surface area contributed by atoms with Crippen molar-refractivity contribution in [3.8, 4) is 11.5 Å². The highest BCUT2D eigenvalue weighted by molar-refractivity contribution is 6.46. The summed E-state index contributed by atoms with van der Waals surface area (Å²) in [6.45, 7) is 0.957. The van der Waals surface area contributed by atoms with Crippen LogP contribution < -0.4 is 9.47 Å². The number of benzene rings is 2. The highest BCUT2D eigenvalue weighted by Gasteiger charge is 2.46. The minimum atomic E-state index is -0.893. The van der Waals surface area contributed by atoms with Crippen LogP contribution in [0.25, 0.3) is 5.76 Å². The summed E-state index contributed by atoms with van der Waals surface area (Å²) in [5.41, 5.74) is 0.552. The lowest BCUT2D eigenvalue weighted by Crippen LogP contribution is -2.32. The van der Waals surface area contributed by atoms with E-state index in [9.17, 15) is 24.8 Å². The van der Waals surface area contributed by atoms with Gasteiger partial charge in [0.2, 0.25) is 0 Å². The Kier molecular flexibility index (Phi) is 7.52. The van der Waals surface area contributed by atoms with E-state index < -0.39 is 22.7 Å². The molecule has 1 N–H and O–H groups in total. The topological polar surface area (TPSA) is 122 Å². The number of rotatable bonds is 9. The molecule has 1 saturated heterocycles. The minimum absolute atomic E-state index is 0.0871. The maximum Gasteiger partial charge on any atom is 0.295 e. The van der Waals surface area contributed by atoms with Crippen molar-refractivity contribution in [2.45, 2.75) is 12.5 Å². The standard InChI is InChI=1S/C24H27N3O7/c1-25(2)12-5-13-26-21(15-6-9-17(10-7-15)27(31)32)20(23(29)24(26)30)22(28)16-8-11-18(33-3)19(14-16)34-4/h6-11,14,21,28H,5,12-13H2,1-4H3/t21-/m1/s1. The van der Waals surface area contributed by atoms with Crippen molar-refractivity contribution in [3.05, 3.63) is 69.3 Å². The van der Waals surface area contributed by atoms with Crippen LogP contribution in [0.4, 0.5) is 5.69 Å². The summed E-state index contributed by atoms with van der Waals surface area (Å²) in [4.78, 5) is 40.0. The monoisotopic (exact) mass is 469 g/mol. The van der Waals surface area contributed by atoms with E-state index in [-0.39, 0.29) is 29.1 Å². The van der Waals surface area contributed by atoms with Gasteiger partial charge in [-0.3, -0.25) is 19.7 Å². The molecule has 1 amide bonds. The highest BCUT2D eigenvalue weighted by Crippen LogP contribution is 2.41. The van der Waals surface area contributed by atoms with Crippen LogP contribution in [-0.2, 0) is 9.59 Å². The zero-order valence-corrected chi connectivity index (χ0v) is 19.5. The van der Waals surface area contributed by atoms with Gasteiger partial charge < -0.3 is 24.4 Å². The Bertz CT molecular complexity index is 1130. The summed E-state index contributed by atoms with van der Waals surface area (Å²) >= 11 is 0. The van der Waals surface area contributed by atoms with Gasteiger partial charge in [-0.1, -0.05) is 0 Å². The average molecular weight is 469 g/mol. The van der Waals surface area contributed by atoms with Crippen LogP contribution in [0.1, 0.15) is 23.6 Å². The van der Waals surface area contributed by atoms with Crippen molar-refractivity contribution in [1.82, 2.24) is 9.80 Å². The van der Waals surface area contributed by atoms with Gasteiger partial charge >= 0.3 is 0 Å². The first-order valence-corrected chi connectivity index (χ1v) is 10.6. The maximum atomic E-state index is 13.1. The second kappa shape index (κ2) is 10.3. The first kappa shape index (κ1) is 24.7. The molecular formula is C24H27N3O7. The van der Waals surface area contributed by atoms with E-state index in [0.717, 1.165) is 0 Å². The lowest BCUT2D eigenvalue weighted by Gasteiger charge is -2.26. The molecule has 0 spiro atoms. The number of aliphatic hydroxyl groups is 1. The largest absolute Gasteiger partial charge is 0.507 e. The van der Waals surface area contributed by atoms with Gasteiger partial charge in [-0.2, -0.15) is 0 Å². The summed E-state index contributed by atoms with van der Waals surface area (Å²) in [6.07, 6.45) is 0.597. The number of amides is 1. The molecule has 2 aromatic carbocycles. The van der Waals surface area contributed by atoms with Crippen LogP contribution in [0, 0.1) is 10.1 Å². The number of aliphatic hydroxyl groups excluding tert-OH is 1. The number of ketones is 1. The van der Waals surface area contributed by atoms with Crippen molar-refractivity contribution in [2.75, 3.05) is 41.4 Å². The molecular weight excluding hydrogens is 442 g/mol. The van der Waals surface area contributed by atoms with E-state index in [4.69, 9.17) is 9.47 Å². The van der Waals surface area contributed by atoms with E-state index in [1.165, 1.54) is 49.5 Å². The van der Waals surface area contributed by atoms with Crippen molar-refractivity contribution in [1.29, 1.82) is 0 Å². The minimum Gasteiger partial charge on any atom is -0.507 e. The van der Waals surface area contributed by atoms with Gasteiger partial charge in [-0.25, -0.2) is 0 Å². The predicted molar refractivity (Wildman–Crippen MR) is 125 cm³/mol. The molecule has 0 bridgehead atoms. The van der Waals surface area contributed by atoms with Gasteiger partial charge in [0.05, 0.1) is 30.8 Å². The second-order valence-electron chi connectivity index (χ2n) is 8.07.